The van der Waals surface area contributed by atoms with E-state index in [1.54, 1.807) is 10.9 Å². The average molecular weight is 178 g/mol. The number of aldehydes is 1. The fourth-order valence-electron chi connectivity index (χ4n) is 0.946. The second-order valence-electron chi connectivity index (χ2n) is 2.28. The van der Waals surface area contributed by atoms with Gasteiger partial charge in [0, 0.05) is 17.8 Å². The predicted molar refractivity (Wildman–Crippen MR) is 46.8 cm³/mol. The molecule has 2 rings (SSSR count). The second kappa shape index (κ2) is 2.91. The van der Waals surface area contributed by atoms with Crippen molar-refractivity contribution in [1.29, 1.82) is 0 Å². The van der Waals surface area contributed by atoms with Gasteiger partial charge in [0.15, 0.2) is 6.29 Å². The molecule has 0 amide bonds. The summed E-state index contributed by atoms with van der Waals surface area (Å²) in [5.41, 5.74) is 0.937. The SMILES string of the molecule is O=Cc1cc(-n2cccn2)cs1. The third-order valence-corrected chi connectivity index (χ3v) is 2.34. The maximum Gasteiger partial charge on any atom is 0.160 e. The van der Waals surface area contributed by atoms with Crippen LogP contribution in [0.4, 0.5) is 0 Å². The third kappa shape index (κ3) is 1.16. The van der Waals surface area contributed by atoms with Crippen molar-refractivity contribution in [3.8, 4) is 5.69 Å². The first-order valence-electron chi connectivity index (χ1n) is 3.44. The maximum absolute atomic E-state index is 10.4. The van der Waals surface area contributed by atoms with Crippen LogP contribution >= 0.6 is 11.3 Å². The molecular weight excluding hydrogens is 172 g/mol. The van der Waals surface area contributed by atoms with Gasteiger partial charge in [-0.2, -0.15) is 5.10 Å². The summed E-state index contributed by atoms with van der Waals surface area (Å²) in [5, 5.41) is 5.94. The van der Waals surface area contributed by atoms with Gasteiger partial charge in [-0.3, -0.25) is 4.79 Å². The Bertz CT molecular complexity index is 377. The molecule has 0 aliphatic heterocycles. The summed E-state index contributed by atoms with van der Waals surface area (Å²) in [7, 11) is 0. The van der Waals surface area contributed by atoms with Crippen LogP contribution in [0.3, 0.4) is 0 Å². The molecule has 0 fully saturated rings. The van der Waals surface area contributed by atoms with Crippen LogP contribution in [0.15, 0.2) is 29.9 Å². The molecule has 0 aromatic carbocycles. The zero-order chi connectivity index (χ0) is 8.39. The molecule has 2 aromatic rings. The van der Waals surface area contributed by atoms with E-state index in [-0.39, 0.29) is 0 Å². The second-order valence-corrected chi connectivity index (χ2v) is 3.22. The average Bonchev–Trinajstić information content (AvgIpc) is 2.75. The van der Waals surface area contributed by atoms with Crippen LogP contribution in [0.1, 0.15) is 9.67 Å². The molecule has 0 bridgehead atoms. The van der Waals surface area contributed by atoms with Crippen molar-refractivity contribution in [2.45, 2.75) is 0 Å². The van der Waals surface area contributed by atoms with Crippen LogP contribution in [0.5, 0.6) is 0 Å². The minimum atomic E-state index is 0.723. The van der Waals surface area contributed by atoms with Crippen molar-refractivity contribution < 1.29 is 4.79 Å². The molecule has 0 N–H and O–H groups in total. The molecule has 60 valence electrons. The lowest BCUT2D eigenvalue weighted by Gasteiger charge is -1.92. The van der Waals surface area contributed by atoms with Gasteiger partial charge in [-0.15, -0.1) is 11.3 Å². The van der Waals surface area contributed by atoms with E-state index >= 15 is 0 Å². The highest BCUT2D eigenvalue weighted by Crippen LogP contribution is 2.15. The zero-order valence-corrected chi connectivity index (χ0v) is 6.99. The smallest absolute Gasteiger partial charge is 0.160 e. The van der Waals surface area contributed by atoms with E-state index in [2.05, 4.69) is 5.10 Å². The summed E-state index contributed by atoms with van der Waals surface area (Å²) in [6.07, 6.45) is 4.40. The molecule has 0 spiro atoms. The number of carbonyl (C=O) groups excluding carboxylic acids is 1. The number of thiophene rings is 1. The molecule has 12 heavy (non-hydrogen) atoms. The Kier molecular flexibility index (Phi) is 1.75. The molecule has 2 aromatic heterocycles. The van der Waals surface area contributed by atoms with Crippen molar-refractivity contribution in [3.63, 3.8) is 0 Å². The summed E-state index contributed by atoms with van der Waals surface area (Å²) in [6, 6.07) is 3.66. The largest absolute Gasteiger partial charge is 0.297 e. The standard InChI is InChI=1S/C8H6N2OS/c11-5-8-4-7(6-12-8)10-3-1-2-9-10/h1-6H. The molecular formula is C8H6N2OS. The Balaban J connectivity index is 2.41. The molecule has 0 atom stereocenters. The lowest BCUT2D eigenvalue weighted by atomic mass is 10.4. The number of carbonyl (C=O) groups is 1. The molecule has 0 radical (unpaired) electrons. The summed E-state index contributed by atoms with van der Waals surface area (Å²) < 4.78 is 1.73. The van der Waals surface area contributed by atoms with Crippen LogP contribution in [-0.2, 0) is 0 Å². The number of hydrogen-bond donors (Lipinski definition) is 0. The van der Waals surface area contributed by atoms with Crippen molar-refractivity contribution in [2.75, 3.05) is 0 Å². The molecule has 0 saturated carbocycles. The van der Waals surface area contributed by atoms with Gasteiger partial charge in [0.25, 0.3) is 0 Å². The monoisotopic (exact) mass is 178 g/mol. The summed E-state index contributed by atoms with van der Waals surface area (Å²) in [6.45, 7) is 0. The number of hydrogen-bond acceptors (Lipinski definition) is 3. The van der Waals surface area contributed by atoms with E-state index in [4.69, 9.17) is 0 Å². The predicted octanol–water partition coefficient (Wildman–Crippen LogP) is 1.75. The van der Waals surface area contributed by atoms with E-state index in [1.165, 1.54) is 11.3 Å². The lowest BCUT2D eigenvalue weighted by molar-refractivity contribution is 0.112. The van der Waals surface area contributed by atoms with Gasteiger partial charge < -0.3 is 0 Å². The van der Waals surface area contributed by atoms with Crippen LogP contribution in [0.25, 0.3) is 5.69 Å². The summed E-state index contributed by atoms with van der Waals surface area (Å²) in [4.78, 5) is 11.1. The highest BCUT2D eigenvalue weighted by Gasteiger charge is 1.99. The minimum absolute atomic E-state index is 0.723. The van der Waals surface area contributed by atoms with Gasteiger partial charge in [0.1, 0.15) is 0 Å². The van der Waals surface area contributed by atoms with E-state index in [0.29, 0.717) is 0 Å². The van der Waals surface area contributed by atoms with Crippen LogP contribution in [0, 0.1) is 0 Å². The Morgan fingerprint density at radius 3 is 3.08 bits per heavy atom. The summed E-state index contributed by atoms with van der Waals surface area (Å²) >= 11 is 1.42. The highest BCUT2D eigenvalue weighted by atomic mass is 32.1. The van der Waals surface area contributed by atoms with E-state index < -0.39 is 0 Å². The van der Waals surface area contributed by atoms with E-state index in [9.17, 15) is 4.79 Å². The first-order valence-corrected chi connectivity index (χ1v) is 4.32. The number of aromatic nitrogens is 2. The van der Waals surface area contributed by atoms with Gasteiger partial charge in [-0.05, 0) is 12.1 Å². The van der Waals surface area contributed by atoms with Crippen molar-refractivity contribution >= 4 is 17.6 Å². The van der Waals surface area contributed by atoms with Gasteiger partial charge >= 0.3 is 0 Å². The Morgan fingerprint density at radius 2 is 2.50 bits per heavy atom. The third-order valence-electron chi connectivity index (χ3n) is 1.49. The van der Waals surface area contributed by atoms with Gasteiger partial charge in [-0.1, -0.05) is 0 Å². The number of nitrogens with zero attached hydrogens (tertiary/aromatic N) is 2. The normalized spacial score (nSPS) is 10.0. The molecule has 4 heteroatoms. The van der Waals surface area contributed by atoms with Crippen LogP contribution in [0.2, 0.25) is 0 Å². The first kappa shape index (κ1) is 7.24. The van der Waals surface area contributed by atoms with E-state index in [0.717, 1.165) is 16.9 Å². The molecule has 0 aliphatic carbocycles. The topological polar surface area (TPSA) is 34.9 Å². The fraction of sp³-hybridized carbons (Fsp3) is 0. The number of rotatable bonds is 2. The van der Waals surface area contributed by atoms with Crippen molar-refractivity contribution in [3.05, 3.63) is 34.8 Å². The molecule has 0 aliphatic rings. The van der Waals surface area contributed by atoms with Crippen LogP contribution < -0.4 is 0 Å². The van der Waals surface area contributed by atoms with Crippen molar-refractivity contribution in [2.24, 2.45) is 0 Å². The fourth-order valence-corrected chi connectivity index (χ4v) is 1.62. The molecule has 0 unspecified atom stereocenters. The molecule has 3 nitrogen and oxygen atoms in total. The zero-order valence-electron chi connectivity index (χ0n) is 6.18. The minimum Gasteiger partial charge on any atom is -0.297 e. The van der Waals surface area contributed by atoms with Gasteiger partial charge in [0.2, 0.25) is 0 Å². The van der Waals surface area contributed by atoms with Crippen molar-refractivity contribution in [1.82, 2.24) is 9.78 Å². The lowest BCUT2D eigenvalue weighted by Crippen LogP contribution is -1.90. The Labute approximate surface area is 73.3 Å². The Hall–Kier alpha value is -1.42. The molecule has 0 saturated heterocycles. The first-order chi connectivity index (χ1) is 5.90. The van der Waals surface area contributed by atoms with Gasteiger partial charge in [-0.25, -0.2) is 4.68 Å². The maximum atomic E-state index is 10.4. The quantitative estimate of drug-likeness (QED) is 0.656. The molecule has 2 heterocycles. The summed E-state index contributed by atoms with van der Waals surface area (Å²) in [5.74, 6) is 0. The Morgan fingerprint density at radius 1 is 1.58 bits per heavy atom. The van der Waals surface area contributed by atoms with E-state index in [1.807, 2.05) is 23.7 Å². The highest BCUT2D eigenvalue weighted by molar-refractivity contribution is 7.12. The van der Waals surface area contributed by atoms with Gasteiger partial charge in [0.05, 0.1) is 10.6 Å². The van der Waals surface area contributed by atoms with Crippen LogP contribution in [-0.4, -0.2) is 16.1 Å².